The maximum absolute atomic E-state index is 12.9. The molecule has 0 saturated carbocycles. The molecule has 1 heterocycles. The zero-order valence-electron chi connectivity index (χ0n) is 15.3. The number of ether oxygens (including phenoxy) is 2. The molecule has 0 spiro atoms. The van der Waals surface area contributed by atoms with Gasteiger partial charge < -0.3 is 14.8 Å². The summed E-state index contributed by atoms with van der Waals surface area (Å²) >= 11 is 0.931. The second-order valence-corrected chi connectivity index (χ2v) is 6.74. The number of anilines is 1. The summed E-state index contributed by atoms with van der Waals surface area (Å²) in [7, 11) is 1.16. The normalized spacial score (nSPS) is 10.3. The van der Waals surface area contributed by atoms with Gasteiger partial charge in [0.25, 0.3) is 5.91 Å². The third kappa shape index (κ3) is 4.91. The van der Waals surface area contributed by atoms with Gasteiger partial charge in [0.05, 0.1) is 17.6 Å². The lowest BCUT2D eigenvalue weighted by molar-refractivity contribution is -0.386. The second-order valence-electron chi connectivity index (χ2n) is 5.68. The van der Waals surface area contributed by atoms with Crippen molar-refractivity contribution in [3.8, 4) is 5.75 Å². The van der Waals surface area contributed by atoms with Gasteiger partial charge in [0, 0.05) is 11.8 Å². The Morgan fingerprint density at radius 1 is 1.20 bits per heavy atom. The lowest BCUT2D eigenvalue weighted by Gasteiger charge is -2.06. The van der Waals surface area contributed by atoms with E-state index < -0.39 is 28.3 Å². The Balaban J connectivity index is 1.67. The Bertz CT molecular complexity index is 1100. The van der Waals surface area contributed by atoms with E-state index in [1.807, 2.05) is 0 Å². The van der Waals surface area contributed by atoms with Crippen LogP contribution in [0, 0.1) is 15.9 Å². The van der Waals surface area contributed by atoms with E-state index in [2.05, 4.69) is 20.3 Å². The van der Waals surface area contributed by atoms with Crippen molar-refractivity contribution < 1.29 is 28.4 Å². The summed E-state index contributed by atoms with van der Waals surface area (Å²) in [5.74, 6) is -1.78. The van der Waals surface area contributed by atoms with Crippen LogP contribution < -0.4 is 10.1 Å². The van der Waals surface area contributed by atoms with Crippen molar-refractivity contribution in [2.24, 2.45) is 0 Å². The standard InChI is InChI=1S/C18H13FN4O6S/c1-28-18(25)10-2-7-14(13(8-10)23(26)27)29-9-15-21-22-17(30-15)16(24)20-12-5-3-11(19)4-6-12/h2-8H,9H2,1H3,(H,20,24). The number of benzene rings is 2. The molecule has 3 aromatic rings. The first-order chi connectivity index (χ1) is 14.4. The number of hydrogen-bond acceptors (Lipinski definition) is 9. The molecule has 3 rings (SSSR count). The molecule has 154 valence electrons. The molecule has 30 heavy (non-hydrogen) atoms. The van der Waals surface area contributed by atoms with Crippen LogP contribution in [0.3, 0.4) is 0 Å². The molecule has 0 bridgehead atoms. The number of nitrogens with one attached hydrogen (secondary N) is 1. The van der Waals surface area contributed by atoms with Crippen molar-refractivity contribution in [2.45, 2.75) is 6.61 Å². The van der Waals surface area contributed by atoms with Crippen LogP contribution in [-0.2, 0) is 11.3 Å². The maximum Gasteiger partial charge on any atom is 0.338 e. The topological polar surface area (TPSA) is 134 Å². The van der Waals surface area contributed by atoms with E-state index in [1.54, 1.807) is 0 Å². The van der Waals surface area contributed by atoms with Crippen molar-refractivity contribution >= 4 is 34.6 Å². The van der Waals surface area contributed by atoms with Crippen molar-refractivity contribution in [3.63, 3.8) is 0 Å². The van der Waals surface area contributed by atoms with E-state index in [0.29, 0.717) is 10.7 Å². The number of carbonyl (C=O) groups excluding carboxylic acids is 2. The molecule has 2 aromatic carbocycles. The minimum absolute atomic E-state index is 0.00668. The minimum atomic E-state index is -0.717. The summed E-state index contributed by atoms with van der Waals surface area (Å²) in [6, 6.07) is 8.85. The van der Waals surface area contributed by atoms with Crippen LogP contribution in [0.4, 0.5) is 15.8 Å². The molecule has 0 aliphatic heterocycles. The van der Waals surface area contributed by atoms with Gasteiger partial charge in [-0.2, -0.15) is 0 Å². The van der Waals surface area contributed by atoms with Crippen LogP contribution in [0.15, 0.2) is 42.5 Å². The number of carbonyl (C=O) groups is 2. The van der Waals surface area contributed by atoms with E-state index in [1.165, 1.54) is 36.4 Å². The van der Waals surface area contributed by atoms with E-state index in [-0.39, 0.29) is 22.9 Å². The fourth-order valence-electron chi connectivity index (χ4n) is 2.29. The molecule has 0 radical (unpaired) electrons. The first-order valence-electron chi connectivity index (χ1n) is 8.26. The van der Waals surface area contributed by atoms with Crippen LogP contribution in [0.5, 0.6) is 5.75 Å². The van der Waals surface area contributed by atoms with Crippen molar-refractivity contribution in [3.05, 3.63) is 74.0 Å². The van der Waals surface area contributed by atoms with Gasteiger partial charge in [-0.15, -0.1) is 10.2 Å². The highest BCUT2D eigenvalue weighted by Gasteiger charge is 2.20. The summed E-state index contributed by atoms with van der Waals surface area (Å²) in [4.78, 5) is 34.3. The van der Waals surface area contributed by atoms with Gasteiger partial charge >= 0.3 is 11.7 Å². The average Bonchev–Trinajstić information content (AvgIpc) is 3.22. The molecule has 1 N–H and O–H groups in total. The molecule has 0 aliphatic carbocycles. The zero-order valence-corrected chi connectivity index (χ0v) is 16.1. The number of hydrogen-bond donors (Lipinski definition) is 1. The molecule has 0 unspecified atom stereocenters. The second kappa shape index (κ2) is 9.05. The van der Waals surface area contributed by atoms with Crippen molar-refractivity contribution in [1.82, 2.24) is 10.2 Å². The molecule has 10 nitrogen and oxygen atoms in total. The Hall–Kier alpha value is -3.93. The first-order valence-corrected chi connectivity index (χ1v) is 9.08. The van der Waals surface area contributed by atoms with Crippen LogP contribution in [0.25, 0.3) is 0 Å². The third-order valence-electron chi connectivity index (χ3n) is 3.69. The van der Waals surface area contributed by atoms with Crippen LogP contribution >= 0.6 is 11.3 Å². The fourth-order valence-corrected chi connectivity index (χ4v) is 2.94. The van der Waals surface area contributed by atoms with Gasteiger partial charge in [0.2, 0.25) is 5.01 Å². The molecule has 0 aliphatic rings. The highest BCUT2D eigenvalue weighted by atomic mass is 32.1. The van der Waals surface area contributed by atoms with Crippen molar-refractivity contribution in [1.29, 1.82) is 0 Å². The number of rotatable bonds is 7. The number of esters is 1. The summed E-state index contributed by atoms with van der Waals surface area (Å²) < 4.78 is 22.9. The Kier molecular flexibility index (Phi) is 6.27. The summed E-state index contributed by atoms with van der Waals surface area (Å²) in [6.45, 7) is -0.181. The Morgan fingerprint density at radius 3 is 2.60 bits per heavy atom. The summed E-state index contributed by atoms with van der Waals surface area (Å²) in [6.07, 6.45) is 0. The molecule has 1 aromatic heterocycles. The highest BCUT2D eigenvalue weighted by Crippen LogP contribution is 2.29. The zero-order chi connectivity index (χ0) is 21.7. The predicted octanol–water partition coefficient (Wildman–Crippen LogP) is 3.20. The minimum Gasteiger partial charge on any atom is -0.479 e. The highest BCUT2D eigenvalue weighted by molar-refractivity contribution is 7.13. The van der Waals surface area contributed by atoms with Crippen LogP contribution in [0.1, 0.15) is 25.2 Å². The predicted molar refractivity (Wildman–Crippen MR) is 103 cm³/mol. The lowest BCUT2D eigenvalue weighted by Crippen LogP contribution is -2.11. The quantitative estimate of drug-likeness (QED) is 0.342. The third-order valence-corrected chi connectivity index (χ3v) is 4.59. The monoisotopic (exact) mass is 432 g/mol. The number of nitrogens with zero attached hydrogens (tertiary/aromatic N) is 3. The van der Waals surface area contributed by atoms with E-state index >= 15 is 0 Å². The number of nitro benzene ring substituents is 1. The Labute approximate surface area is 172 Å². The van der Waals surface area contributed by atoms with Crippen LogP contribution in [0.2, 0.25) is 0 Å². The Morgan fingerprint density at radius 2 is 1.93 bits per heavy atom. The molecular weight excluding hydrogens is 419 g/mol. The van der Waals surface area contributed by atoms with Gasteiger partial charge in [-0.25, -0.2) is 9.18 Å². The van der Waals surface area contributed by atoms with E-state index in [9.17, 15) is 24.1 Å². The number of methoxy groups -OCH3 is 1. The number of aromatic nitrogens is 2. The van der Waals surface area contributed by atoms with Crippen LogP contribution in [-0.4, -0.2) is 34.1 Å². The molecular formula is C18H13FN4O6S. The fraction of sp³-hybridized carbons (Fsp3) is 0.111. The number of nitro groups is 1. The largest absolute Gasteiger partial charge is 0.479 e. The number of amides is 1. The number of halogens is 1. The SMILES string of the molecule is COC(=O)c1ccc(OCc2nnc(C(=O)Nc3ccc(F)cc3)s2)c([N+](=O)[O-])c1. The van der Waals surface area contributed by atoms with E-state index in [0.717, 1.165) is 24.5 Å². The average molecular weight is 432 g/mol. The lowest BCUT2D eigenvalue weighted by atomic mass is 10.2. The smallest absolute Gasteiger partial charge is 0.338 e. The maximum atomic E-state index is 12.9. The van der Waals surface area contributed by atoms with E-state index in [4.69, 9.17) is 4.74 Å². The molecule has 1 amide bonds. The van der Waals surface area contributed by atoms with Gasteiger partial charge in [-0.1, -0.05) is 11.3 Å². The summed E-state index contributed by atoms with van der Waals surface area (Å²) in [5.41, 5.74) is -0.0281. The van der Waals surface area contributed by atoms with Gasteiger partial charge in [0.1, 0.15) is 12.4 Å². The molecule has 0 fully saturated rings. The molecule has 0 saturated heterocycles. The first kappa shape index (κ1) is 20.8. The molecule has 0 atom stereocenters. The van der Waals surface area contributed by atoms with Crippen molar-refractivity contribution in [2.75, 3.05) is 12.4 Å². The van der Waals surface area contributed by atoms with Gasteiger partial charge in [0.15, 0.2) is 10.8 Å². The van der Waals surface area contributed by atoms with Gasteiger partial charge in [-0.3, -0.25) is 14.9 Å². The van der Waals surface area contributed by atoms with Gasteiger partial charge in [-0.05, 0) is 36.4 Å². The molecule has 12 heteroatoms. The summed E-state index contributed by atoms with van der Waals surface area (Å²) in [5, 5.41) is 21.7.